The number of rotatable bonds is 6. The summed E-state index contributed by atoms with van der Waals surface area (Å²) in [6.45, 7) is 2.35. The number of esters is 1. The average Bonchev–Trinajstić information content (AvgIpc) is 3.39. The summed E-state index contributed by atoms with van der Waals surface area (Å²) < 4.78 is 8.34. The summed E-state index contributed by atoms with van der Waals surface area (Å²) in [5.74, 6) is -0.926. The van der Waals surface area contributed by atoms with Crippen molar-refractivity contribution in [1.29, 1.82) is 0 Å². The highest BCUT2D eigenvalue weighted by atomic mass is 32.2. The van der Waals surface area contributed by atoms with Crippen LogP contribution in [0.5, 0.6) is 0 Å². The van der Waals surface area contributed by atoms with Gasteiger partial charge in [0.15, 0.2) is 11.3 Å². The molecule has 0 aliphatic rings. The van der Waals surface area contributed by atoms with Gasteiger partial charge in [-0.3, -0.25) is 13.4 Å². The van der Waals surface area contributed by atoms with Crippen LogP contribution in [0, 0.1) is 6.92 Å². The van der Waals surface area contributed by atoms with Gasteiger partial charge in [-0.15, -0.1) is 0 Å². The number of aromatic nitrogens is 4. The summed E-state index contributed by atoms with van der Waals surface area (Å²) in [4.78, 5) is 29.8. The lowest BCUT2D eigenvalue weighted by atomic mass is 10.2. The Hall–Kier alpha value is -3.59. The molecule has 0 bridgehead atoms. The first-order valence-corrected chi connectivity index (χ1v) is 10.4. The summed E-state index contributed by atoms with van der Waals surface area (Å²) in [7, 11) is 2.81. The zero-order valence-corrected chi connectivity index (χ0v) is 18.1. The van der Waals surface area contributed by atoms with Gasteiger partial charge in [0.1, 0.15) is 5.69 Å². The standard InChI is InChI=1S/C22H21N5O3S/c1-14-4-6-16(7-5-14)31-27-11-9-17-15(8-10-24-20(17)27)13-26-19(22(29)30-3)12-18(25-26)21(28)23-2/h4-12H,13H2,1-3H3,(H,23,28). The summed E-state index contributed by atoms with van der Waals surface area (Å²) >= 11 is 1.57. The fourth-order valence-corrected chi connectivity index (χ4v) is 4.04. The number of pyridine rings is 1. The number of hydrogen-bond donors (Lipinski definition) is 1. The molecule has 0 atom stereocenters. The van der Waals surface area contributed by atoms with Crippen LogP contribution in [0.25, 0.3) is 11.0 Å². The van der Waals surface area contributed by atoms with Crippen molar-refractivity contribution in [2.45, 2.75) is 18.4 Å². The van der Waals surface area contributed by atoms with Gasteiger partial charge in [-0.1, -0.05) is 17.7 Å². The largest absolute Gasteiger partial charge is 0.464 e. The zero-order chi connectivity index (χ0) is 22.0. The van der Waals surface area contributed by atoms with Gasteiger partial charge in [-0.05, 0) is 48.7 Å². The van der Waals surface area contributed by atoms with Crippen molar-refractivity contribution in [3.05, 3.63) is 77.4 Å². The number of nitrogens with one attached hydrogen (secondary N) is 1. The maximum absolute atomic E-state index is 12.2. The Balaban J connectivity index is 1.69. The number of nitrogens with zero attached hydrogens (tertiary/aromatic N) is 4. The van der Waals surface area contributed by atoms with Crippen LogP contribution < -0.4 is 5.32 Å². The van der Waals surface area contributed by atoms with Gasteiger partial charge in [0, 0.05) is 35.8 Å². The van der Waals surface area contributed by atoms with E-state index in [1.165, 1.54) is 30.5 Å². The summed E-state index contributed by atoms with van der Waals surface area (Å²) in [6, 6.07) is 13.6. The number of carbonyl (C=O) groups is 2. The monoisotopic (exact) mass is 435 g/mol. The molecule has 0 spiro atoms. The van der Waals surface area contributed by atoms with Gasteiger partial charge in [-0.25, -0.2) is 9.78 Å². The topological polar surface area (TPSA) is 91.0 Å². The van der Waals surface area contributed by atoms with Crippen LogP contribution in [0.15, 0.2) is 59.8 Å². The second-order valence-electron chi connectivity index (χ2n) is 6.90. The lowest BCUT2D eigenvalue weighted by Crippen LogP contribution is -2.18. The SMILES string of the molecule is CNC(=O)c1cc(C(=O)OC)n(Cc2ccnc3c2ccn3Sc2ccc(C)cc2)n1. The van der Waals surface area contributed by atoms with E-state index in [0.29, 0.717) is 6.54 Å². The van der Waals surface area contributed by atoms with Crippen LogP contribution in [0.4, 0.5) is 0 Å². The van der Waals surface area contributed by atoms with Crippen LogP contribution in [0.3, 0.4) is 0 Å². The fourth-order valence-electron chi connectivity index (χ4n) is 3.20. The van der Waals surface area contributed by atoms with Crippen molar-refractivity contribution < 1.29 is 14.3 Å². The molecule has 3 heterocycles. The Kier molecular flexibility index (Phi) is 5.77. The van der Waals surface area contributed by atoms with Crippen molar-refractivity contribution in [3.63, 3.8) is 0 Å². The van der Waals surface area contributed by atoms with E-state index >= 15 is 0 Å². The van der Waals surface area contributed by atoms with Crippen LogP contribution in [-0.2, 0) is 11.3 Å². The molecule has 0 radical (unpaired) electrons. The third kappa shape index (κ3) is 4.17. The van der Waals surface area contributed by atoms with Crippen molar-refractivity contribution in [1.82, 2.24) is 24.1 Å². The van der Waals surface area contributed by atoms with Crippen LogP contribution in [0.1, 0.15) is 32.1 Å². The second-order valence-corrected chi connectivity index (χ2v) is 7.94. The molecule has 1 aromatic carbocycles. The van der Waals surface area contributed by atoms with E-state index in [4.69, 9.17) is 4.74 Å². The highest BCUT2D eigenvalue weighted by molar-refractivity contribution is 7.98. The Morgan fingerprint density at radius 3 is 2.65 bits per heavy atom. The van der Waals surface area contributed by atoms with E-state index in [0.717, 1.165) is 21.5 Å². The van der Waals surface area contributed by atoms with Crippen LogP contribution in [0.2, 0.25) is 0 Å². The van der Waals surface area contributed by atoms with E-state index in [9.17, 15) is 9.59 Å². The number of fused-ring (bicyclic) bond motifs is 1. The fraction of sp³-hybridized carbons (Fsp3) is 0.182. The molecule has 0 aliphatic heterocycles. The minimum atomic E-state index is -0.555. The van der Waals surface area contributed by atoms with Gasteiger partial charge in [-0.2, -0.15) is 5.10 Å². The molecule has 4 aromatic rings. The normalized spacial score (nSPS) is 10.9. The minimum absolute atomic E-state index is 0.153. The first kappa shape index (κ1) is 20.7. The summed E-state index contributed by atoms with van der Waals surface area (Å²) in [5.41, 5.74) is 3.30. The maximum Gasteiger partial charge on any atom is 0.356 e. The number of carbonyl (C=O) groups excluding carboxylic acids is 2. The number of amides is 1. The molecule has 1 N–H and O–H groups in total. The maximum atomic E-state index is 12.2. The van der Waals surface area contributed by atoms with E-state index in [2.05, 4.69) is 46.6 Å². The lowest BCUT2D eigenvalue weighted by molar-refractivity contribution is 0.0587. The zero-order valence-electron chi connectivity index (χ0n) is 17.3. The van der Waals surface area contributed by atoms with E-state index in [1.807, 2.05) is 22.3 Å². The summed E-state index contributed by atoms with van der Waals surface area (Å²) in [6.07, 6.45) is 3.69. The molecule has 0 saturated heterocycles. The number of aryl methyl sites for hydroxylation is 1. The van der Waals surface area contributed by atoms with Crippen molar-refractivity contribution in [3.8, 4) is 0 Å². The molecule has 9 heteroatoms. The number of methoxy groups -OCH3 is 1. The third-order valence-electron chi connectivity index (χ3n) is 4.82. The van der Waals surface area contributed by atoms with E-state index in [-0.39, 0.29) is 17.3 Å². The minimum Gasteiger partial charge on any atom is -0.464 e. The number of benzene rings is 1. The van der Waals surface area contributed by atoms with Crippen molar-refractivity contribution in [2.24, 2.45) is 0 Å². The highest BCUT2D eigenvalue weighted by Crippen LogP contribution is 2.28. The van der Waals surface area contributed by atoms with Gasteiger partial charge in [0.2, 0.25) is 0 Å². The van der Waals surface area contributed by atoms with Gasteiger partial charge < -0.3 is 10.1 Å². The molecule has 158 valence electrons. The van der Waals surface area contributed by atoms with Gasteiger partial charge in [0.25, 0.3) is 5.91 Å². The predicted molar refractivity (Wildman–Crippen MR) is 118 cm³/mol. The molecule has 31 heavy (non-hydrogen) atoms. The van der Waals surface area contributed by atoms with Crippen LogP contribution >= 0.6 is 11.9 Å². The van der Waals surface area contributed by atoms with Gasteiger partial charge in [0.05, 0.1) is 13.7 Å². The lowest BCUT2D eigenvalue weighted by Gasteiger charge is -2.08. The molecular weight excluding hydrogens is 414 g/mol. The Labute approximate surface area is 183 Å². The van der Waals surface area contributed by atoms with Crippen LogP contribution in [-0.4, -0.2) is 44.8 Å². The molecule has 4 rings (SSSR count). The molecule has 1 amide bonds. The van der Waals surface area contributed by atoms with Crippen molar-refractivity contribution >= 4 is 34.9 Å². The highest BCUT2D eigenvalue weighted by Gasteiger charge is 2.20. The molecule has 3 aromatic heterocycles. The molecule has 0 aliphatic carbocycles. The molecule has 0 fully saturated rings. The number of ether oxygens (including phenoxy) is 1. The predicted octanol–water partition coefficient (Wildman–Crippen LogP) is 3.29. The second kappa shape index (κ2) is 8.65. The summed E-state index contributed by atoms with van der Waals surface area (Å²) in [5, 5.41) is 7.77. The molecule has 0 saturated carbocycles. The third-order valence-corrected chi connectivity index (χ3v) is 5.80. The smallest absolute Gasteiger partial charge is 0.356 e. The van der Waals surface area contributed by atoms with E-state index < -0.39 is 5.97 Å². The Morgan fingerprint density at radius 1 is 1.16 bits per heavy atom. The first-order valence-electron chi connectivity index (χ1n) is 9.58. The Morgan fingerprint density at radius 2 is 1.94 bits per heavy atom. The average molecular weight is 436 g/mol. The Bertz CT molecular complexity index is 1260. The van der Waals surface area contributed by atoms with E-state index in [1.54, 1.807) is 18.1 Å². The quantitative estimate of drug-likeness (QED) is 0.468. The first-order chi connectivity index (χ1) is 15.0. The number of hydrogen-bond acceptors (Lipinski definition) is 6. The molecule has 0 unspecified atom stereocenters. The van der Waals surface area contributed by atoms with Gasteiger partial charge >= 0.3 is 5.97 Å². The molecular formula is C22H21N5O3S. The van der Waals surface area contributed by atoms with Crippen molar-refractivity contribution in [2.75, 3.05) is 14.2 Å². The molecule has 8 nitrogen and oxygen atoms in total.